The van der Waals surface area contributed by atoms with Crippen LogP contribution < -0.4 is 10.6 Å². The summed E-state index contributed by atoms with van der Waals surface area (Å²) < 4.78 is 0. The molecule has 7 nitrogen and oxygen atoms in total. The number of rotatable bonds is 5. The van der Waals surface area contributed by atoms with E-state index in [9.17, 15) is 14.4 Å². The van der Waals surface area contributed by atoms with Crippen LogP contribution in [0.5, 0.6) is 0 Å². The molecule has 0 unspecified atom stereocenters. The van der Waals surface area contributed by atoms with Crippen molar-refractivity contribution in [2.75, 3.05) is 11.9 Å². The van der Waals surface area contributed by atoms with Crippen molar-refractivity contribution in [1.29, 1.82) is 5.26 Å². The summed E-state index contributed by atoms with van der Waals surface area (Å²) in [4.78, 5) is 38.9. The van der Waals surface area contributed by atoms with Gasteiger partial charge in [0.15, 0.2) is 0 Å². The summed E-state index contributed by atoms with van der Waals surface area (Å²) in [7, 11) is 0. The van der Waals surface area contributed by atoms with E-state index in [1.54, 1.807) is 31.2 Å². The second-order valence-electron chi connectivity index (χ2n) is 6.44. The Labute approximate surface area is 177 Å². The second kappa shape index (κ2) is 8.11. The van der Waals surface area contributed by atoms with Gasteiger partial charge in [0.1, 0.15) is 18.2 Å². The first-order valence-corrected chi connectivity index (χ1v) is 9.46. The lowest BCUT2D eigenvalue weighted by atomic mass is 9.87. The number of halogens is 2. The largest absolute Gasteiger partial charge is 0.325 e. The molecule has 0 aromatic heterocycles. The summed E-state index contributed by atoms with van der Waals surface area (Å²) in [6.07, 6.45) is 0.296. The van der Waals surface area contributed by atoms with Crippen LogP contribution in [0.4, 0.5) is 10.5 Å². The zero-order valence-corrected chi connectivity index (χ0v) is 16.8. The summed E-state index contributed by atoms with van der Waals surface area (Å²) in [5.41, 5.74) is -0.275. The van der Waals surface area contributed by atoms with Gasteiger partial charge in [-0.15, -0.1) is 0 Å². The van der Waals surface area contributed by atoms with E-state index in [0.717, 1.165) is 4.90 Å². The molecule has 1 fully saturated rings. The molecule has 0 bridgehead atoms. The molecule has 1 atom stereocenters. The lowest BCUT2D eigenvalue weighted by Crippen LogP contribution is -2.44. The van der Waals surface area contributed by atoms with E-state index in [1.165, 1.54) is 18.2 Å². The van der Waals surface area contributed by atoms with E-state index in [2.05, 4.69) is 10.6 Å². The van der Waals surface area contributed by atoms with Gasteiger partial charge in [-0.25, -0.2) is 4.79 Å². The molecule has 148 valence electrons. The zero-order valence-electron chi connectivity index (χ0n) is 15.3. The lowest BCUT2D eigenvalue weighted by Gasteiger charge is -2.25. The highest BCUT2D eigenvalue weighted by atomic mass is 35.5. The van der Waals surface area contributed by atoms with Gasteiger partial charge < -0.3 is 10.6 Å². The molecule has 1 aliphatic rings. The number of nitriles is 1. The Kier molecular flexibility index (Phi) is 5.78. The predicted octanol–water partition coefficient (Wildman–Crippen LogP) is 3.66. The molecule has 2 aromatic rings. The van der Waals surface area contributed by atoms with Crippen molar-refractivity contribution < 1.29 is 14.4 Å². The third-order valence-electron chi connectivity index (χ3n) is 4.72. The van der Waals surface area contributed by atoms with Gasteiger partial charge in [0, 0.05) is 10.0 Å². The normalized spacial score (nSPS) is 18.3. The third kappa shape index (κ3) is 3.90. The summed E-state index contributed by atoms with van der Waals surface area (Å²) in [5.74, 6) is -1.16. The number of hydrogen-bond acceptors (Lipinski definition) is 4. The first-order chi connectivity index (χ1) is 13.8. The highest BCUT2D eigenvalue weighted by molar-refractivity contribution is 6.31. The molecular formula is C20H16Cl2N4O3. The lowest BCUT2D eigenvalue weighted by molar-refractivity contribution is -0.134. The first-order valence-electron chi connectivity index (χ1n) is 8.70. The Morgan fingerprint density at radius 1 is 1.17 bits per heavy atom. The minimum absolute atomic E-state index is 0.205. The van der Waals surface area contributed by atoms with E-state index in [1.807, 2.05) is 6.07 Å². The highest BCUT2D eigenvalue weighted by Gasteiger charge is 2.51. The molecule has 1 heterocycles. The number of nitrogens with zero attached hydrogens (tertiary/aromatic N) is 2. The number of anilines is 1. The van der Waals surface area contributed by atoms with Gasteiger partial charge in [0.05, 0.1) is 11.3 Å². The van der Waals surface area contributed by atoms with Crippen molar-refractivity contribution >= 4 is 46.7 Å². The highest BCUT2D eigenvalue weighted by Crippen LogP contribution is 2.33. The van der Waals surface area contributed by atoms with Gasteiger partial charge in [-0.1, -0.05) is 42.3 Å². The summed E-state index contributed by atoms with van der Waals surface area (Å²) in [6, 6.07) is 12.3. The van der Waals surface area contributed by atoms with Crippen LogP contribution in [-0.4, -0.2) is 29.3 Å². The molecule has 4 amide bonds. The van der Waals surface area contributed by atoms with E-state index in [4.69, 9.17) is 28.5 Å². The molecule has 0 spiro atoms. The van der Waals surface area contributed by atoms with Crippen LogP contribution in [0, 0.1) is 11.3 Å². The number of hydrogen-bond donors (Lipinski definition) is 2. The maximum Gasteiger partial charge on any atom is 0.325 e. The number of imide groups is 1. The third-order valence-corrected chi connectivity index (χ3v) is 5.21. The topological polar surface area (TPSA) is 102 Å². The van der Waals surface area contributed by atoms with Gasteiger partial charge in [0.2, 0.25) is 5.91 Å². The monoisotopic (exact) mass is 430 g/mol. The van der Waals surface area contributed by atoms with Crippen LogP contribution in [0.2, 0.25) is 10.0 Å². The van der Waals surface area contributed by atoms with Crippen molar-refractivity contribution in [3.05, 3.63) is 63.6 Å². The van der Waals surface area contributed by atoms with E-state index >= 15 is 0 Å². The number of urea groups is 1. The molecule has 9 heteroatoms. The van der Waals surface area contributed by atoms with Crippen LogP contribution in [-0.2, 0) is 15.1 Å². The van der Waals surface area contributed by atoms with Crippen molar-refractivity contribution in [3.8, 4) is 6.07 Å². The number of carbonyl (C=O) groups excluding carboxylic acids is 3. The van der Waals surface area contributed by atoms with Crippen LogP contribution in [0.3, 0.4) is 0 Å². The second-order valence-corrected chi connectivity index (χ2v) is 7.31. The number of benzene rings is 2. The Bertz CT molecular complexity index is 1030. The number of nitrogens with one attached hydrogen (secondary N) is 2. The molecule has 1 saturated heterocycles. The molecular weight excluding hydrogens is 415 g/mol. The Balaban J connectivity index is 1.81. The Morgan fingerprint density at radius 3 is 2.45 bits per heavy atom. The molecule has 2 N–H and O–H groups in total. The molecule has 29 heavy (non-hydrogen) atoms. The summed E-state index contributed by atoms with van der Waals surface area (Å²) in [5, 5.41) is 15.2. The van der Waals surface area contributed by atoms with Crippen molar-refractivity contribution in [2.24, 2.45) is 0 Å². The number of carbonyl (C=O) groups is 3. The van der Waals surface area contributed by atoms with Gasteiger partial charge in [-0.2, -0.15) is 5.26 Å². The first kappa shape index (κ1) is 20.6. The minimum Gasteiger partial charge on any atom is -0.323 e. The number of amides is 4. The van der Waals surface area contributed by atoms with E-state index in [0.29, 0.717) is 22.0 Å². The fraction of sp³-hybridized carbons (Fsp3) is 0.200. The fourth-order valence-corrected chi connectivity index (χ4v) is 3.49. The standard InChI is InChI=1S/C20H16Cl2N4O3/c1-2-20(13-4-7-14(21)8-5-13)18(28)26(19(29)25-20)11-17(27)24-16-9-15(22)6-3-12(16)10-23/h3-9H,2,11H2,1H3,(H,24,27)(H,25,29)/t20-/m1/s1. The summed E-state index contributed by atoms with van der Waals surface area (Å²) in [6.45, 7) is 1.26. The van der Waals surface area contributed by atoms with Crippen molar-refractivity contribution in [1.82, 2.24) is 10.2 Å². The predicted molar refractivity (Wildman–Crippen MR) is 108 cm³/mol. The van der Waals surface area contributed by atoms with Gasteiger partial charge in [-0.3, -0.25) is 14.5 Å². The molecule has 0 saturated carbocycles. The molecule has 1 aliphatic heterocycles. The Hall–Kier alpha value is -3.08. The van der Waals surface area contributed by atoms with E-state index < -0.39 is 29.9 Å². The van der Waals surface area contributed by atoms with Gasteiger partial charge in [-0.05, 0) is 42.3 Å². The van der Waals surface area contributed by atoms with Gasteiger partial charge >= 0.3 is 6.03 Å². The van der Waals surface area contributed by atoms with Crippen LogP contribution in [0.1, 0.15) is 24.5 Å². The maximum atomic E-state index is 13.1. The smallest absolute Gasteiger partial charge is 0.323 e. The van der Waals surface area contributed by atoms with Gasteiger partial charge in [0.25, 0.3) is 5.91 Å². The average Bonchev–Trinajstić information content (AvgIpc) is 2.94. The fourth-order valence-electron chi connectivity index (χ4n) is 3.19. The van der Waals surface area contributed by atoms with Crippen LogP contribution in [0.15, 0.2) is 42.5 Å². The van der Waals surface area contributed by atoms with Crippen molar-refractivity contribution in [2.45, 2.75) is 18.9 Å². The molecule has 2 aromatic carbocycles. The minimum atomic E-state index is -1.27. The summed E-state index contributed by atoms with van der Waals surface area (Å²) >= 11 is 11.8. The van der Waals surface area contributed by atoms with E-state index in [-0.39, 0.29) is 11.3 Å². The maximum absolute atomic E-state index is 13.1. The SMILES string of the molecule is CC[C@]1(c2ccc(Cl)cc2)NC(=O)N(CC(=O)Nc2cc(Cl)ccc2C#N)C1=O. The van der Waals surface area contributed by atoms with Crippen molar-refractivity contribution in [3.63, 3.8) is 0 Å². The van der Waals surface area contributed by atoms with Crippen LogP contribution >= 0.6 is 23.2 Å². The van der Waals surface area contributed by atoms with Crippen LogP contribution in [0.25, 0.3) is 0 Å². The molecule has 3 rings (SSSR count). The quantitative estimate of drug-likeness (QED) is 0.706. The Morgan fingerprint density at radius 2 is 1.83 bits per heavy atom. The zero-order chi connectivity index (χ0) is 21.2. The molecule has 0 radical (unpaired) electrons. The molecule has 0 aliphatic carbocycles. The average molecular weight is 431 g/mol.